The van der Waals surface area contributed by atoms with Gasteiger partial charge in [-0.1, -0.05) is 0 Å². The number of carbonyl (C=O) groups excluding carboxylic acids is 2. The number of amides is 3. The maximum atomic E-state index is 11.7. The highest BCUT2D eigenvalue weighted by Gasteiger charge is 2.39. The van der Waals surface area contributed by atoms with Gasteiger partial charge < -0.3 is 10.4 Å². The zero-order valence-corrected chi connectivity index (χ0v) is 12.8. The fourth-order valence-electron chi connectivity index (χ4n) is 1.94. The van der Waals surface area contributed by atoms with Gasteiger partial charge in [0, 0.05) is 11.1 Å². The molecule has 0 radical (unpaired) electrons. The van der Waals surface area contributed by atoms with E-state index in [1.54, 1.807) is 6.92 Å². The maximum absolute atomic E-state index is 11.7. The summed E-state index contributed by atoms with van der Waals surface area (Å²) in [5.74, 6) is -2.30. The molecule has 1 aliphatic heterocycles. The van der Waals surface area contributed by atoms with Crippen molar-refractivity contribution < 1.29 is 27.9 Å². The topological polar surface area (TPSA) is 130 Å². The van der Waals surface area contributed by atoms with Gasteiger partial charge in [-0.15, -0.1) is 0 Å². The first-order valence-corrected chi connectivity index (χ1v) is 8.03. The molecule has 21 heavy (non-hydrogen) atoms. The van der Waals surface area contributed by atoms with Crippen molar-refractivity contribution in [2.45, 2.75) is 32.7 Å². The van der Waals surface area contributed by atoms with Crippen molar-refractivity contribution in [2.24, 2.45) is 0 Å². The highest BCUT2D eigenvalue weighted by atomic mass is 32.2. The molecule has 1 heterocycles. The number of imide groups is 1. The molecule has 3 amide bonds. The molecular formula is C12H18N2O6S. The standard InChI is InChI=1S/C12H18N2O6S/c1-7(8(2)10(16)17)9(15)13-11(18)14-12(3)4-5-21(19,20)6-12/h4-6H2,1-3H3,(H,16,17)(H2,13,14,15,18). The Morgan fingerprint density at radius 3 is 2.14 bits per heavy atom. The number of carbonyl (C=O) groups is 3. The summed E-state index contributed by atoms with van der Waals surface area (Å²) in [5, 5.41) is 13.2. The second-order valence-corrected chi connectivity index (χ2v) is 7.55. The van der Waals surface area contributed by atoms with Crippen molar-refractivity contribution >= 4 is 27.7 Å². The number of carboxylic acids is 1. The van der Waals surface area contributed by atoms with Gasteiger partial charge in [0.05, 0.1) is 17.0 Å². The molecule has 8 nitrogen and oxygen atoms in total. The van der Waals surface area contributed by atoms with Crippen LogP contribution in [-0.2, 0) is 19.4 Å². The van der Waals surface area contributed by atoms with Crippen LogP contribution in [0.4, 0.5) is 4.79 Å². The molecule has 1 fully saturated rings. The highest BCUT2D eigenvalue weighted by Crippen LogP contribution is 2.22. The maximum Gasteiger partial charge on any atom is 0.331 e. The van der Waals surface area contributed by atoms with E-state index in [0.717, 1.165) is 0 Å². The number of hydrogen-bond donors (Lipinski definition) is 3. The predicted molar refractivity (Wildman–Crippen MR) is 74.4 cm³/mol. The molecule has 0 aromatic rings. The molecule has 0 saturated carbocycles. The van der Waals surface area contributed by atoms with Crippen molar-refractivity contribution in [2.75, 3.05) is 11.5 Å². The molecule has 1 aliphatic rings. The fraction of sp³-hybridized carbons (Fsp3) is 0.583. The zero-order valence-electron chi connectivity index (χ0n) is 12.0. The van der Waals surface area contributed by atoms with Crippen LogP contribution in [0.2, 0.25) is 0 Å². The van der Waals surface area contributed by atoms with Gasteiger partial charge in [-0.3, -0.25) is 10.1 Å². The molecule has 1 unspecified atom stereocenters. The van der Waals surface area contributed by atoms with Crippen LogP contribution in [0.25, 0.3) is 0 Å². The third kappa shape index (κ3) is 4.55. The van der Waals surface area contributed by atoms with Gasteiger partial charge in [-0.25, -0.2) is 18.0 Å². The lowest BCUT2D eigenvalue weighted by Gasteiger charge is -2.23. The second-order valence-electron chi connectivity index (χ2n) is 5.37. The van der Waals surface area contributed by atoms with Crippen LogP contribution in [0.1, 0.15) is 27.2 Å². The van der Waals surface area contributed by atoms with Crippen LogP contribution in [-0.4, -0.2) is 48.5 Å². The predicted octanol–water partition coefficient (Wildman–Crippen LogP) is -0.190. The molecule has 0 spiro atoms. The van der Waals surface area contributed by atoms with E-state index in [9.17, 15) is 22.8 Å². The number of urea groups is 1. The Bertz CT molecular complexity index is 622. The minimum atomic E-state index is -3.18. The third-order valence-corrected chi connectivity index (χ3v) is 5.27. The summed E-state index contributed by atoms with van der Waals surface area (Å²) < 4.78 is 22.8. The average Bonchev–Trinajstić information content (AvgIpc) is 2.60. The van der Waals surface area contributed by atoms with Crippen molar-refractivity contribution in [3.8, 4) is 0 Å². The van der Waals surface area contributed by atoms with E-state index in [1.807, 2.05) is 5.32 Å². The van der Waals surface area contributed by atoms with Crippen molar-refractivity contribution in [3.05, 3.63) is 11.1 Å². The number of sulfone groups is 1. The summed E-state index contributed by atoms with van der Waals surface area (Å²) >= 11 is 0. The smallest absolute Gasteiger partial charge is 0.331 e. The quantitative estimate of drug-likeness (QED) is 0.618. The van der Waals surface area contributed by atoms with Crippen LogP contribution in [0.3, 0.4) is 0 Å². The Morgan fingerprint density at radius 2 is 1.71 bits per heavy atom. The molecule has 118 valence electrons. The van der Waals surface area contributed by atoms with Crippen LogP contribution in [0.5, 0.6) is 0 Å². The summed E-state index contributed by atoms with van der Waals surface area (Å²) in [6.07, 6.45) is 0.264. The van der Waals surface area contributed by atoms with Gasteiger partial charge in [-0.05, 0) is 27.2 Å². The van der Waals surface area contributed by atoms with Crippen molar-refractivity contribution in [1.29, 1.82) is 0 Å². The molecule has 1 saturated heterocycles. The van der Waals surface area contributed by atoms with E-state index in [-0.39, 0.29) is 29.1 Å². The largest absolute Gasteiger partial charge is 0.478 e. The van der Waals surface area contributed by atoms with Gasteiger partial charge in [0.1, 0.15) is 0 Å². The van der Waals surface area contributed by atoms with Crippen LogP contribution in [0, 0.1) is 0 Å². The van der Waals surface area contributed by atoms with Crippen molar-refractivity contribution in [3.63, 3.8) is 0 Å². The number of rotatable bonds is 3. The molecule has 3 N–H and O–H groups in total. The van der Waals surface area contributed by atoms with E-state index >= 15 is 0 Å². The van der Waals surface area contributed by atoms with Crippen LogP contribution < -0.4 is 10.6 Å². The molecule has 1 atom stereocenters. The van der Waals surface area contributed by atoms with E-state index < -0.39 is 33.3 Å². The Morgan fingerprint density at radius 1 is 1.14 bits per heavy atom. The number of carboxylic acid groups (broad SMARTS) is 1. The van der Waals surface area contributed by atoms with Crippen LogP contribution in [0.15, 0.2) is 11.1 Å². The highest BCUT2D eigenvalue weighted by molar-refractivity contribution is 7.91. The molecule has 0 aromatic heterocycles. The van der Waals surface area contributed by atoms with Gasteiger partial charge >= 0.3 is 12.0 Å². The SMILES string of the molecule is CC(C(=O)O)=C(C)C(=O)NC(=O)NC1(C)CCS(=O)(=O)C1. The lowest BCUT2D eigenvalue weighted by molar-refractivity contribution is -0.133. The number of hydrogen-bond acceptors (Lipinski definition) is 5. The summed E-state index contributed by atoms with van der Waals surface area (Å²) in [6, 6.07) is -0.850. The molecule has 0 aliphatic carbocycles. The number of nitrogens with one attached hydrogen (secondary N) is 2. The first-order chi connectivity index (χ1) is 9.46. The molecule has 0 bridgehead atoms. The summed E-state index contributed by atoms with van der Waals surface area (Å²) in [5.41, 5.74) is -1.19. The number of aliphatic carboxylic acids is 1. The third-order valence-electron chi connectivity index (χ3n) is 3.37. The first kappa shape index (κ1) is 17.2. The first-order valence-electron chi connectivity index (χ1n) is 6.20. The minimum absolute atomic E-state index is 0.0191. The lowest BCUT2D eigenvalue weighted by atomic mass is 10.0. The van der Waals surface area contributed by atoms with E-state index in [2.05, 4.69) is 5.32 Å². The van der Waals surface area contributed by atoms with E-state index in [1.165, 1.54) is 13.8 Å². The molecule has 9 heteroatoms. The fourth-order valence-corrected chi connectivity index (χ4v) is 4.04. The Balaban J connectivity index is 2.69. The lowest BCUT2D eigenvalue weighted by Crippen LogP contribution is -2.52. The Labute approximate surface area is 122 Å². The Hall–Kier alpha value is -1.90. The summed E-state index contributed by atoms with van der Waals surface area (Å²) in [7, 11) is -3.18. The molecule has 1 rings (SSSR count). The van der Waals surface area contributed by atoms with E-state index in [0.29, 0.717) is 0 Å². The second kappa shape index (κ2) is 5.84. The Kier molecular flexibility index (Phi) is 4.77. The normalized spacial score (nSPS) is 24.9. The van der Waals surface area contributed by atoms with Gasteiger partial charge in [0.2, 0.25) is 0 Å². The van der Waals surface area contributed by atoms with E-state index in [4.69, 9.17) is 5.11 Å². The summed E-state index contributed by atoms with van der Waals surface area (Å²) in [4.78, 5) is 34.1. The molecular weight excluding hydrogens is 300 g/mol. The summed E-state index contributed by atoms with van der Waals surface area (Å²) in [6.45, 7) is 4.11. The monoisotopic (exact) mass is 318 g/mol. The zero-order chi connectivity index (χ0) is 16.4. The average molecular weight is 318 g/mol. The minimum Gasteiger partial charge on any atom is -0.478 e. The van der Waals surface area contributed by atoms with Crippen LogP contribution >= 0.6 is 0 Å². The van der Waals surface area contributed by atoms with Crippen molar-refractivity contribution in [1.82, 2.24) is 10.6 Å². The molecule has 0 aromatic carbocycles. The van der Waals surface area contributed by atoms with Gasteiger partial charge in [-0.2, -0.15) is 0 Å². The van der Waals surface area contributed by atoms with Gasteiger partial charge in [0.25, 0.3) is 5.91 Å². The van der Waals surface area contributed by atoms with Gasteiger partial charge in [0.15, 0.2) is 9.84 Å².